The molecule has 5 heteroatoms. The number of aliphatic carboxylic acids is 1. The third-order valence-corrected chi connectivity index (χ3v) is 3.70. The molecule has 0 saturated heterocycles. The molecule has 0 saturated carbocycles. The molecule has 0 atom stereocenters. The summed E-state index contributed by atoms with van der Waals surface area (Å²) in [6.45, 7) is 3.28. The lowest BCUT2D eigenvalue weighted by atomic mass is 9.86. The molecule has 0 unspecified atom stereocenters. The average molecular weight is 256 g/mol. The van der Waals surface area contributed by atoms with Crippen molar-refractivity contribution in [3.8, 4) is 0 Å². The van der Waals surface area contributed by atoms with Gasteiger partial charge in [0.2, 0.25) is 0 Å². The minimum absolute atomic E-state index is 0.245. The molecule has 1 N–H and O–H groups in total. The summed E-state index contributed by atoms with van der Waals surface area (Å²) in [4.78, 5) is 11.2. The molecule has 0 amide bonds. The summed E-state index contributed by atoms with van der Waals surface area (Å²) >= 11 is 0. The van der Waals surface area contributed by atoms with Gasteiger partial charge in [-0.25, -0.2) is 8.42 Å². The largest absolute Gasteiger partial charge is 0.481 e. The second-order valence-corrected chi connectivity index (χ2v) is 6.80. The zero-order valence-electron chi connectivity index (χ0n) is 10.1. The summed E-state index contributed by atoms with van der Waals surface area (Å²) in [5, 5.41) is 8.99. The van der Waals surface area contributed by atoms with E-state index in [9.17, 15) is 13.2 Å². The van der Waals surface area contributed by atoms with Crippen molar-refractivity contribution in [2.24, 2.45) is 5.41 Å². The van der Waals surface area contributed by atoms with Crippen LogP contribution in [0.5, 0.6) is 0 Å². The summed E-state index contributed by atoms with van der Waals surface area (Å²) in [5.74, 6) is -0.871. The van der Waals surface area contributed by atoms with Crippen LogP contribution in [-0.2, 0) is 21.1 Å². The van der Waals surface area contributed by atoms with Crippen molar-refractivity contribution in [3.63, 3.8) is 0 Å². The van der Waals surface area contributed by atoms with Gasteiger partial charge in [0.1, 0.15) is 0 Å². The maximum atomic E-state index is 11.2. The van der Waals surface area contributed by atoms with Gasteiger partial charge in [0.25, 0.3) is 0 Å². The first-order chi connectivity index (χ1) is 7.63. The van der Waals surface area contributed by atoms with E-state index in [1.54, 1.807) is 26.0 Å². The van der Waals surface area contributed by atoms with Gasteiger partial charge >= 0.3 is 5.97 Å². The third-order valence-electron chi connectivity index (χ3n) is 2.58. The van der Waals surface area contributed by atoms with Crippen LogP contribution in [0, 0.1) is 5.41 Å². The Kier molecular flexibility index (Phi) is 3.62. The van der Waals surface area contributed by atoms with Gasteiger partial charge < -0.3 is 5.11 Å². The number of hydrogen-bond donors (Lipinski definition) is 1. The van der Waals surface area contributed by atoms with E-state index in [2.05, 4.69) is 0 Å². The van der Waals surface area contributed by atoms with Crippen molar-refractivity contribution in [3.05, 3.63) is 29.8 Å². The number of carbonyl (C=O) groups is 1. The molecule has 0 radical (unpaired) electrons. The van der Waals surface area contributed by atoms with Crippen molar-refractivity contribution in [2.45, 2.75) is 25.2 Å². The SMILES string of the molecule is CC(C)(Cc1ccc(S(C)(=O)=O)cc1)C(=O)O. The van der Waals surface area contributed by atoms with Crippen molar-refractivity contribution in [1.82, 2.24) is 0 Å². The summed E-state index contributed by atoms with van der Waals surface area (Å²) in [7, 11) is -3.20. The van der Waals surface area contributed by atoms with Crippen molar-refractivity contribution >= 4 is 15.8 Å². The number of carboxylic acid groups (broad SMARTS) is 1. The Hall–Kier alpha value is -1.36. The van der Waals surface area contributed by atoms with E-state index in [0.29, 0.717) is 6.42 Å². The Labute approximate surface area is 101 Å². The standard InChI is InChI=1S/C12H16O4S/c1-12(2,11(13)14)8-9-4-6-10(7-5-9)17(3,15)16/h4-7H,8H2,1-3H3,(H,13,14). The lowest BCUT2D eigenvalue weighted by Crippen LogP contribution is -2.26. The number of rotatable bonds is 4. The van der Waals surface area contributed by atoms with Crippen LogP contribution in [0.3, 0.4) is 0 Å². The van der Waals surface area contributed by atoms with Gasteiger partial charge in [0.05, 0.1) is 10.3 Å². The van der Waals surface area contributed by atoms with E-state index in [0.717, 1.165) is 11.8 Å². The molecule has 1 aromatic rings. The zero-order valence-corrected chi connectivity index (χ0v) is 10.9. The van der Waals surface area contributed by atoms with Crippen LogP contribution in [0.4, 0.5) is 0 Å². The van der Waals surface area contributed by atoms with E-state index in [-0.39, 0.29) is 4.90 Å². The van der Waals surface area contributed by atoms with Crippen LogP contribution in [0.2, 0.25) is 0 Å². The fraction of sp³-hybridized carbons (Fsp3) is 0.417. The summed E-state index contributed by atoms with van der Waals surface area (Å²) < 4.78 is 22.5. The van der Waals surface area contributed by atoms with Gasteiger partial charge in [0.15, 0.2) is 9.84 Å². The second kappa shape index (κ2) is 4.49. The Balaban J connectivity index is 2.94. The third kappa shape index (κ3) is 3.56. The van der Waals surface area contributed by atoms with E-state index in [1.807, 2.05) is 0 Å². The first kappa shape index (κ1) is 13.7. The topological polar surface area (TPSA) is 71.4 Å². The van der Waals surface area contributed by atoms with Crippen LogP contribution >= 0.6 is 0 Å². The highest BCUT2D eigenvalue weighted by Crippen LogP contribution is 2.22. The monoisotopic (exact) mass is 256 g/mol. The molecule has 94 valence electrons. The predicted molar refractivity (Wildman–Crippen MR) is 64.7 cm³/mol. The number of carboxylic acids is 1. The molecule has 0 aliphatic rings. The summed E-state index contributed by atoms with van der Waals surface area (Å²) in [6, 6.07) is 6.31. The molecular formula is C12H16O4S. The maximum Gasteiger partial charge on any atom is 0.309 e. The molecule has 0 spiro atoms. The van der Waals surface area contributed by atoms with E-state index < -0.39 is 21.2 Å². The van der Waals surface area contributed by atoms with Crippen molar-refractivity contribution in [1.29, 1.82) is 0 Å². The zero-order chi connectivity index (χ0) is 13.3. The molecule has 0 fully saturated rings. The van der Waals surface area contributed by atoms with Crippen molar-refractivity contribution in [2.75, 3.05) is 6.26 Å². The lowest BCUT2D eigenvalue weighted by molar-refractivity contribution is -0.146. The summed E-state index contributed by atoms with van der Waals surface area (Å²) in [5.41, 5.74) is -0.0446. The van der Waals surface area contributed by atoms with Crippen LogP contribution in [0.25, 0.3) is 0 Å². The Morgan fingerprint density at radius 3 is 2.06 bits per heavy atom. The lowest BCUT2D eigenvalue weighted by Gasteiger charge is -2.18. The predicted octanol–water partition coefficient (Wildman–Crippen LogP) is 1.74. The van der Waals surface area contributed by atoms with Crippen LogP contribution in [0.15, 0.2) is 29.2 Å². The highest BCUT2D eigenvalue weighted by molar-refractivity contribution is 7.90. The maximum absolute atomic E-state index is 11.2. The highest BCUT2D eigenvalue weighted by Gasteiger charge is 2.27. The van der Waals surface area contributed by atoms with Gasteiger partial charge in [-0.1, -0.05) is 12.1 Å². The molecule has 0 heterocycles. The number of benzene rings is 1. The molecule has 1 rings (SSSR count). The van der Waals surface area contributed by atoms with Gasteiger partial charge in [-0.3, -0.25) is 4.79 Å². The van der Waals surface area contributed by atoms with Crippen molar-refractivity contribution < 1.29 is 18.3 Å². The molecule has 17 heavy (non-hydrogen) atoms. The number of sulfone groups is 1. The highest BCUT2D eigenvalue weighted by atomic mass is 32.2. The molecule has 0 aliphatic heterocycles. The fourth-order valence-electron chi connectivity index (χ4n) is 1.44. The van der Waals surface area contributed by atoms with Gasteiger partial charge in [-0.15, -0.1) is 0 Å². The van der Waals surface area contributed by atoms with E-state index >= 15 is 0 Å². The van der Waals surface area contributed by atoms with Crippen LogP contribution < -0.4 is 0 Å². The molecule has 0 bridgehead atoms. The van der Waals surface area contributed by atoms with E-state index in [4.69, 9.17) is 5.11 Å². The number of hydrogen-bond acceptors (Lipinski definition) is 3. The Morgan fingerprint density at radius 2 is 1.71 bits per heavy atom. The molecule has 0 aliphatic carbocycles. The smallest absolute Gasteiger partial charge is 0.309 e. The summed E-state index contributed by atoms with van der Waals surface area (Å²) in [6.07, 6.45) is 1.51. The first-order valence-corrected chi connectivity index (χ1v) is 7.04. The van der Waals surface area contributed by atoms with Gasteiger partial charge in [-0.2, -0.15) is 0 Å². The van der Waals surface area contributed by atoms with E-state index in [1.165, 1.54) is 12.1 Å². The Bertz CT molecular complexity index is 512. The van der Waals surface area contributed by atoms with Crippen LogP contribution in [-0.4, -0.2) is 25.7 Å². The van der Waals surface area contributed by atoms with Gasteiger partial charge in [0, 0.05) is 6.26 Å². The average Bonchev–Trinajstić information content (AvgIpc) is 2.16. The minimum Gasteiger partial charge on any atom is -0.481 e. The van der Waals surface area contributed by atoms with Crippen LogP contribution in [0.1, 0.15) is 19.4 Å². The fourth-order valence-corrected chi connectivity index (χ4v) is 2.07. The molecular weight excluding hydrogens is 240 g/mol. The Morgan fingerprint density at radius 1 is 1.24 bits per heavy atom. The minimum atomic E-state index is -3.20. The molecule has 4 nitrogen and oxygen atoms in total. The quantitative estimate of drug-likeness (QED) is 0.890. The molecule has 1 aromatic carbocycles. The molecule has 0 aromatic heterocycles. The van der Waals surface area contributed by atoms with Gasteiger partial charge in [-0.05, 0) is 38.0 Å². The first-order valence-electron chi connectivity index (χ1n) is 5.15. The normalized spacial score (nSPS) is 12.4. The second-order valence-electron chi connectivity index (χ2n) is 4.78.